The van der Waals surface area contributed by atoms with Gasteiger partial charge in [0.15, 0.2) is 0 Å². The van der Waals surface area contributed by atoms with Crippen molar-refractivity contribution < 1.29 is 35.9 Å². The molecule has 2 aromatic carbocycles. The van der Waals surface area contributed by atoms with Crippen molar-refractivity contribution in [1.29, 1.82) is 0 Å². The summed E-state index contributed by atoms with van der Waals surface area (Å²) in [6.45, 7) is 2.70. The van der Waals surface area contributed by atoms with E-state index >= 15 is 0 Å². The van der Waals surface area contributed by atoms with Gasteiger partial charge < -0.3 is 10.1 Å². The minimum absolute atomic E-state index is 0.161. The molecule has 0 aliphatic rings. The van der Waals surface area contributed by atoms with Crippen molar-refractivity contribution in [1.82, 2.24) is 0 Å². The molecule has 2 aromatic rings. The Morgan fingerprint density at radius 2 is 1.81 bits per heavy atom. The third-order valence-corrected chi connectivity index (χ3v) is 5.31. The maximum Gasteiger partial charge on any atom is 0.416 e. The molecule has 0 spiro atoms. The summed E-state index contributed by atoms with van der Waals surface area (Å²) < 4.78 is 68.8. The van der Waals surface area contributed by atoms with Crippen molar-refractivity contribution in [2.45, 2.75) is 20.0 Å². The Balaban J connectivity index is 2.29. The molecule has 11 heteroatoms. The van der Waals surface area contributed by atoms with E-state index in [4.69, 9.17) is 4.74 Å². The van der Waals surface area contributed by atoms with Crippen molar-refractivity contribution in [3.8, 4) is 0 Å². The molecule has 0 aliphatic heterocycles. The number of esters is 1. The van der Waals surface area contributed by atoms with Crippen LogP contribution in [0.25, 0.3) is 0 Å². The van der Waals surface area contributed by atoms with Crippen LogP contribution in [0.3, 0.4) is 0 Å². The molecule has 31 heavy (non-hydrogen) atoms. The largest absolute Gasteiger partial charge is 0.462 e. The zero-order valence-electron chi connectivity index (χ0n) is 17.0. The summed E-state index contributed by atoms with van der Waals surface area (Å²) in [4.78, 5) is 24.4. The number of anilines is 2. The lowest BCUT2D eigenvalue weighted by Gasteiger charge is -2.23. The molecule has 0 saturated carbocycles. The number of sulfonamides is 1. The molecule has 0 fully saturated rings. The number of hydrogen-bond acceptors (Lipinski definition) is 5. The number of nitrogens with zero attached hydrogens (tertiary/aromatic N) is 1. The first-order chi connectivity index (χ1) is 14.3. The fourth-order valence-electron chi connectivity index (χ4n) is 2.66. The highest BCUT2D eigenvalue weighted by atomic mass is 32.2. The first-order valence-corrected chi connectivity index (χ1v) is 10.9. The minimum Gasteiger partial charge on any atom is -0.462 e. The maximum atomic E-state index is 13.0. The fraction of sp³-hybridized carbons (Fsp3) is 0.300. The lowest BCUT2D eigenvalue weighted by atomic mass is 10.1. The van der Waals surface area contributed by atoms with Gasteiger partial charge in [0.2, 0.25) is 15.9 Å². The fourth-order valence-corrected chi connectivity index (χ4v) is 3.50. The average Bonchev–Trinajstić information content (AvgIpc) is 2.66. The lowest BCUT2D eigenvalue weighted by Crippen LogP contribution is -2.37. The molecule has 7 nitrogen and oxygen atoms in total. The highest BCUT2D eigenvalue weighted by Crippen LogP contribution is 2.32. The van der Waals surface area contributed by atoms with Crippen molar-refractivity contribution in [2.75, 3.05) is 29.0 Å². The smallest absolute Gasteiger partial charge is 0.416 e. The number of carbonyl (C=O) groups excluding carboxylic acids is 2. The number of aryl methyl sites for hydroxylation is 1. The van der Waals surface area contributed by atoms with Crippen molar-refractivity contribution in [3.63, 3.8) is 0 Å². The number of hydrogen-bond donors (Lipinski definition) is 1. The predicted octanol–water partition coefficient (Wildman–Crippen LogP) is 3.60. The molecule has 0 heterocycles. The molecule has 0 bridgehead atoms. The van der Waals surface area contributed by atoms with Crippen LogP contribution in [0.2, 0.25) is 0 Å². The summed E-state index contributed by atoms with van der Waals surface area (Å²) in [6.07, 6.45) is -3.89. The number of amides is 1. The van der Waals surface area contributed by atoms with Gasteiger partial charge in [-0.05, 0) is 49.7 Å². The monoisotopic (exact) mass is 458 g/mol. The molecule has 0 saturated heterocycles. The van der Waals surface area contributed by atoms with Crippen LogP contribution in [-0.2, 0) is 25.7 Å². The average molecular weight is 458 g/mol. The third-order valence-electron chi connectivity index (χ3n) is 4.17. The number of alkyl halides is 3. The van der Waals surface area contributed by atoms with Gasteiger partial charge in [-0.1, -0.05) is 12.1 Å². The van der Waals surface area contributed by atoms with E-state index in [9.17, 15) is 31.2 Å². The van der Waals surface area contributed by atoms with Gasteiger partial charge in [-0.2, -0.15) is 13.2 Å². The molecule has 0 aliphatic carbocycles. The van der Waals surface area contributed by atoms with Gasteiger partial charge in [-0.3, -0.25) is 9.10 Å². The molecule has 0 atom stereocenters. The van der Waals surface area contributed by atoms with Crippen LogP contribution in [0.1, 0.15) is 28.4 Å². The van der Waals surface area contributed by atoms with Crippen LogP contribution < -0.4 is 9.62 Å². The lowest BCUT2D eigenvalue weighted by molar-refractivity contribution is -0.137. The van der Waals surface area contributed by atoms with E-state index in [1.165, 1.54) is 12.1 Å². The summed E-state index contributed by atoms with van der Waals surface area (Å²) in [5.74, 6) is -1.40. The Hall–Kier alpha value is -3.08. The van der Waals surface area contributed by atoms with Crippen molar-refractivity contribution in [2.24, 2.45) is 0 Å². The molecular weight excluding hydrogens is 437 g/mol. The minimum atomic E-state index is -4.67. The molecule has 168 valence electrons. The molecule has 2 rings (SSSR count). The number of nitrogens with one attached hydrogen (secondary N) is 1. The highest BCUT2D eigenvalue weighted by molar-refractivity contribution is 7.92. The molecule has 1 N–H and O–H groups in total. The first-order valence-electron chi connectivity index (χ1n) is 9.05. The van der Waals surface area contributed by atoms with E-state index in [-0.39, 0.29) is 23.5 Å². The van der Waals surface area contributed by atoms with E-state index < -0.39 is 40.2 Å². The van der Waals surface area contributed by atoms with E-state index in [1.807, 2.05) is 0 Å². The molecule has 0 unspecified atom stereocenters. The summed E-state index contributed by atoms with van der Waals surface area (Å²) in [7, 11) is -4.08. The van der Waals surface area contributed by atoms with Crippen LogP contribution in [0.5, 0.6) is 0 Å². The Bertz CT molecular complexity index is 1080. The van der Waals surface area contributed by atoms with E-state index in [0.29, 0.717) is 15.9 Å². The number of halogens is 3. The van der Waals surface area contributed by atoms with Gasteiger partial charge in [-0.15, -0.1) is 0 Å². The summed E-state index contributed by atoms with van der Waals surface area (Å²) >= 11 is 0. The third kappa shape index (κ3) is 6.45. The topological polar surface area (TPSA) is 92.8 Å². The zero-order valence-corrected chi connectivity index (χ0v) is 17.8. The standard InChI is InChI=1S/C20H21F3N2O5S/c1-4-30-19(27)14-9-8-13(2)17(10-14)24-18(26)12-25(31(3,28)29)16-7-5-6-15(11-16)20(21,22)23/h5-11H,4,12H2,1-3H3,(H,24,26). The van der Waals surface area contributed by atoms with Gasteiger partial charge in [0, 0.05) is 5.69 Å². The predicted molar refractivity (Wildman–Crippen MR) is 109 cm³/mol. The second kappa shape index (κ2) is 9.38. The van der Waals surface area contributed by atoms with E-state index in [2.05, 4.69) is 5.32 Å². The zero-order chi connectivity index (χ0) is 23.4. The van der Waals surface area contributed by atoms with Gasteiger partial charge in [0.1, 0.15) is 6.54 Å². The quantitative estimate of drug-likeness (QED) is 0.640. The van der Waals surface area contributed by atoms with Crippen molar-refractivity contribution in [3.05, 3.63) is 59.2 Å². The Morgan fingerprint density at radius 1 is 1.13 bits per heavy atom. The van der Waals surface area contributed by atoms with Gasteiger partial charge in [-0.25, -0.2) is 13.2 Å². The number of ether oxygens (including phenoxy) is 1. The molecule has 0 aromatic heterocycles. The van der Waals surface area contributed by atoms with Crippen molar-refractivity contribution >= 4 is 33.3 Å². The Labute approximate surface area is 177 Å². The SMILES string of the molecule is CCOC(=O)c1ccc(C)c(NC(=O)CN(c2cccc(C(F)(F)F)c2)S(C)(=O)=O)c1. The van der Waals surface area contributed by atoms with Gasteiger partial charge in [0.25, 0.3) is 0 Å². The second-order valence-corrected chi connectivity index (χ2v) is 8.52. The summed E-state index contributed by atoms with van der Waals surface area (Å²) in [5.41, 5.74) is -0.332. The first kappa shape index (κ1) is 24.2. The number of benzene rings is 2. The summed E-state index contributed by atoms with van der Waals surface area (Å²) in [6, 6.07) is 8.13. The van der Waals surface area contributed by atoms with Crippen LogP contribution in [0.15, 0.2) is 42.5 Å². The number of carbonyl (C=O) groups is 2. The Kier molecular flexibility index (Phi) is 7.32. The van der Waals surface area contributed by atoms with E-state index in [0.717, 1.165) is 24.5 Å². The summed E-state index contributed by atoms with van der Waals surface area (Å²) in [5, 5.41) is 2.49. The van der Waals surface area contributed by atoms with E-state index in [1.54, 1.807) is 19.9 Å². The maximum absolute atomic E-state index is 13.0. The van der Waals surface area contributed by atoms with Crippen LogP contribution in [0.4, 0.5) is 24.5 Å². The highest BCUT2D eigenvalue weighted by Gasteiger charge is 2.32. The normalized spacial score (nSPS) is 11.7. The van der Waals surface area contributed by atoms with Crippen LogP contribution >= 0.6 is 0 Å². The molecular formula is C20H21F3N2O5S. The van der Waals surface area contributed by atoms with Crippen LogP contribution in [-0.4, -0.2) is 39.7 Å². The van der Waals surface area contributed by atoms with Gasteiger partial charge in [0.05, 0.1) is 29.7 Å². The van der Waals surface area contributed by atoms with Gasteiger partial charge >= 0.3 is 12.1 Å². The molecule has 1 amide bonds. The van der Waals surface area contributed by atoms with Crippen LogP contribution in [0, 0.1) is 6.92 Å². The Morgan fingerprint density at radius 3 is 2.39 bits per heavy atom. The molecule has 0 radical (unpaired) electrons. The number of rotatable bonds is 7. The second-order valence-electron chi connectivity index (χ2n) is 6.62.